The highest BCUT2D eigenvalue weighted by Gasteiger charge is 2.27. The number of carbonyl (C=O) groups excluding carboxylic acids is 1. The van der Waals surface area contributed by atoms with E-state index in [1.54, 1.807) is 11.3 Å². The summed E-state index contributed by atoms with van der Waals surface area (Å²) >= 11 is 1.67. The van der Waals surface area contributed by atoms with E-state index in [-0.39, 0.29) is 5.97 Å². The average Bonchev–Trinajstić information content (AvgIpc) is 3.06. The van der Waals surface area contributed by atoms with Gasteiger partial charge in [0.1, 0.15) is 11.6 Å². The lowest BCUT2D eigenvalue weighted by atomic mass is 10.1. The Labute approximate surface area is 121 Å². The quantitative estimate of drug-likeness (QED) is 0.813. The summed E-state index contributed by atoms with van der Waals surface area (Å²) in [6.07, 6.45) is 1.50. The predicted octanol–water partition coefficient (Wildman–Crippen LogP) is 2.39. The van der Waals surface area contributed by atoms with E-state index in [0.717, 1.165) is 41.4 Å². The van der Waals surface area contributed by atoms with Crippen LogP contribution < -0.4 is 4.90 Å². The number of esters is 1. The van der Waals surface area contributed by atoms with E-state index < -0.39 is 0 Å². The van der Waals surface area contributed by atoms with Gasteiger partial charge in [-0.1, -0.05) is 0 Å². The molecule has 0 N–H and O–H groups in total. The summed E-state index contributed by atoms with van der Waals surface area (Å²) in [4.78, 5) is 22.7. The van der Waals surface area contributed by atoms with Gasteiger partial charge in [-0.15, -0.1) is 11.3 Å². The summed E-state index contributed by atoms with van der Waals surface area (Å²) in [5, 5.41) is 2.05. The van der Waals surface area contributed by atoms with Crippen LogP contribution in [0.2, 0.25) is 0 Å². The van der Waals surface area contributed by atoms with Crippen LogP contribution in [0.3, 0.4) is 0 Å². The lowest BCUT2D eigenvalue weighted by Crippen LogP contribution is -2.22. The van der Waals surface area contributed by atoms with Crippen molar-refractivity contribution in [2.24, 2.45) is 5.92 Å². The second-order valence-electron chi connectivity index (χ2n) is 5.11. The van der Waals surface area contributed by atoms with Gasteiger partial charge in [-0.05, 0) is 30.7 Å². The van der Waals surface area contributed by atoms with Gasteiger partial charge < -0.3 is 9.64 Å². The molecular formula is C14H17N3O2S. The van der Waals surface area contributed by atoms with E-state index in [4.69, 9.17) is 4.74 Å². The minimum atomic E-state index is -0.128. The Morgan fingerprint density at radius 3 is 3.20 bits per heavy atom. The molecule has 1 unspecified atom stereocenters. The third-order valence-electron chi connectivity index (χ3n) is 3.67. The maximum Gasteiger partial charge on any atom is 0.305 e. The maximum absolute atomic E-state index is 11.4. The molecule has 0 aromatic carbocycles. The molecule has 1 aliphatic heterocycles. The molecule has 106 valence electrons. The number of nitrogens with zero attached hydrogens (tertiary/aromatic N) is 3. The van der Waals surface area contributed by atoms with Crippen LogP contribution in [-0.4, -0.2) is 36.1 Å². The standard InChI is InChI=1S/C14H17N3O2S/c1-9-15-11-4-6-20-13(11)14(16-9)17-5-3-10(8-17)7-12(18)19-2/h4,6,10H,3,5,7-8H2,1-2H3. The van der Waals surface area contributed by atoms with Gasteiger partial charge in [0.2, 0.25) is 0 Å². The molecule has 1 atom stereocenters. The number of rotatable bonds is 3. The third-order valence-corrected chi connectivity index (χ3v) is 4.57. The Morgan fingerprint density at radius 1 is 1.55 bits per heavy atom. The molecule has 1 aliphatic rings. The molecular weight excluding hydrogens is 274 g/mol. The number of fused-ring (bicyclic) bond motifs is 1. The number of ether oxygens (including phenoxy) is 1. The summed E-state index contributed by atoms with van der Waals surface area (Å²) in [6, 6.07) is 2.03. The molecule has 3 heterocycles. The van der Waals surface area contributed by atoms with E-state index in [0.29, 0.717) is 12.3 Å². The fourth-order valence-corrected chi connectivity index (χ4v) is 3.53. The largest absolute Gasteiger partial charge is 0.469 e. The second kappa shape index (κ2) is 5.36. The Bertz CT molecular complexity index is 640. The molecule has 0 aliphatic carbocycles. The molecule has 0 radical (unpaired) electrons. The van der Waals surface area contributed by atoms with Crippen LogP contribution in [0.4, 0.5) is 5.82 Å². The number of hydrogen-bond donors (Lipinski definition) is 0. The first-order valence-corrected chi connectivity index (χ1v) is 7.59. The molecule has 20 heavy (non-hydrogen) atoms. The lowest BCUT2D eigenvalue weighted by molar-refractivity contribution is -0.141. The topological polar surface area (TPSA) is 55.3 Å². The molecule has 1 fully saturated rings. The number of aromatic nitrogens is 2. The zero-order valence-electron chi connectivity index (χ0n) is 11.6. The van der Waals surface area contributed by atoms with Gasteiger partial charge >= 0.3 is 5.97 Å². The van der Waals surface area contributed by atoms with Crippen molar-refractivity contribution in [2.45, 2.75) is 19.8 Å². The third kappa shape index (κ3) is 2.47. The van der Waals surface area contributed by atoms with Crippen molar-refractivity contribution in [1.29, 1.82) is 0 Å². The van der Waals surface area contributed by atoms with Gasteiger partial charge in [-0.3, -0.25) is 4.79 Å². The molecule has 0 amide bonds. The van der Waals surface area contributed by atoms with Crippen molar-refractivity contribution in [3.8, 4) is 0 Å². The van der Waals surface area contributed by atoms with Crippen LogP contribution in [-0.2, 0) is 9.53 Å². The number of thiophene rings is 1. The molecule has 6 heteroatoms. The van der Waals surface area contributed by atoms with E-state index in [9.17, 15) is 4.79 Å². The lowest BCUT2D eigenvalue weighted by Gasteiger charge is -2.18. The fraction of sp³-hybridized carbons (Fsp3) is 0.500. The Balaban J connectivity index is 1.82. The van der Waals surface area contributed by atoms with Crippen LogP contribution in [0.15, 0.2) is 11.4 Å². The van der Waals surface area contributed by atoms with E-state index in [1.807, 2.05) is 18.4 Å². The number of carbonyl (C=O) groups is 1. The van der Waals surface area contributed by atoms with Crippen LogP contribution in [0, 0.1) is 12.8 Å². The van der Waals surface area contributed by atoms with Gasteiger partial charge in [-0.2, -0.15) is 0 Å². The predicted molar refractivity (Wildman–Crippen MR) is 79.1 cm³/mol. The summed E-state index contributed by atoms with van der Waals surface area (Å²) in [6.45, 7) is 3.71. The van der Waals surface area contributed by atoms with Gasteiger partial charge in [0.05, 0.1) is 23.7 Å². The molecule has 0 saturated carbocycles. The highest BCUT2D eigenvalue weighted by Crippen LogP contribution is 2.32. The van der Waals surface area contributed by atoms with Crippen molar-refractivity contribution in [3.05, 3.63) is 17.3 Å². The normalized spacial score (nSPS) is 18.7. The maximum atomic E-state index is 11.4. The summed E-state index contributed by atoms with van der Waals surface area (Å²) in [5.41, 5.74) is 1.01. The van der Waals surface area contributed by atoms with Crippen LogP contribution in [0.5, 0.6) is 0 Å². The molecule has 2 aromatic rings. The SMILES string of the molecule is COC(=O)CC1CCN(c2nc(C)nc3ccsc23)C1. The molecule has 3 rings (SSSR count). The van der Waals surface area contributed by atoms with Gasteiger partial charge in [0.15, 0.2) is 0 Å². The zero-order valence-corrected chi connectivity index (χ0v) is 12.4. The summed E-state index contributed by atoms with van der Waals surface area (Å²) in [7, 11) is 1.44. The monoisotopic (exact) mass is 291 g/mol. The number of hydrogen-bond acceptors (Lipinski definition) is 6. The van der Waals surface area contributed by atoms with Gasteiger partial charge in [0.25, 0.3) is 0 Å². The number of methoxy groups -OCH3 is 1. The molecule has 5 nitrogen and oxygen atoms in total. The number of aryl methyl sites for hydroxylation is 1. The van der Waals surface area contributed by atoms with Crippen LogP contribution in [0.25, 0.3) is 10.2 Å². The minimum Gasteiger partial charge on any atom is -0.469 e. The van der Waals surface area contributed by atoms with Gasteiger partial charge in [-0.25, -0.2) is 9.97 Å². The van der Waals surface area contributed by atoms with Crippen LogP contribution in [0.1, 0.15) is 18.7 Å². The molecule has 2 aromatic heterocycles. The Kier molecular flexibility index (Phi) is 3.56. The minimum absolute atomic E-state index is 0.128. The van der Waals surface area contributed by atoms with Crippen LogP contribution >= 0.6 is 11.3 Å². The smallest absolute Gasteiger partial charge is 0.305 e. The first kappa shape index (κ1) is 13.3. The fourth-order valence-electron chi connectivity index (χ4n) is 2.69. The molecule has 0 bridgehead atoms. The first-order valence-electron chi connectivity index (χ1n) is 6.71. The Morgan fingerprint density at radius 2 is 2.40 bits per heavy atom. The van der Waals surface area contributed by atoms with Crippen molar-refractivity contribution < 1.29 is 9.53 Å². The molecule has 0 spiro atoms. The second-order valence-corrected chi connectivity index (χ2v) is 6.03. The summed E-state index contributed by atoms with van der Waals surface area (Å²) in [5.74, 6) is 2.03. The molecule has 1 saturated heterocycles. The van der Waals surface area contributed by atoms with Crippen molar-refractivity contribution in [1.82, 2.24) is 9.97 Å². The number of anilines is 1. The van der Waals surface area contributed by atoms with Crippen molar-refractivity contribution >= 4 is 33.3 Å². The van der Waals surface area contributed by atoms with Crippen molar-refractivity contribution in [3.63, 3.8) is 0 Å². The highest BCUT2D eigenvalue weighted by molar-refractivity contribution is 7.17. The summed E-state index contributed by atoms with van der Waals surface area (Å²) < 4.78 is 5.88. The van der Waals surface area contributed by atoms with Crippen molar-refractivity contribution in [2.75, 3.05) is 25.1 Å². The highest BCUT2D eigenvalue weighted by atomic mass is 32.1. The van der Waals surface area contributed by atoms with E-state index >= 15 is 0 Å². The van der Waals surface area contributed by atoms with Gasteiger partial charge in [0, 0.05) is 13.1 Å². The Hall–Kier alpha value is -1.69. The van der Waals surface area contributed by atoms with E-state index in [1.165, 1.54) is 7.11 Å². The zero-order chi connectivity index (χ0) is 14.1. The van der Waals surface area contributed by atoms with E-state index in [2.05, 4.69) is 14.9 Å². The average molecular weight is 291 g/mol. The first-order chi connectivity index (χ1) is 9.67.